The van der Waals surface area contributed by atoms with Crippen molar-refractivity contribution in [2.75, 3.05) is 76.4 Å². The van der Waals surface area contributed by atoms with Gasteiger partial charge in [-0.15, -0.1) is 0 Å². The van der Waals surface area contributed by atoms with E-state index in [0.717, 1.165) is 87.0 Å². The maximum atomic E-state index is 14.1. The van der Waals surface area contributed by atoms with Crippen molar-refractivity contribution < 1.29 is 31.8 Å². The highest BCUT2D eigenvalue weighted by Gasteiger charge is 2.34. The number of ether oxygens (including phenoxy) is 2. The highest BCUT2D eigenvalue weighted by Crippen LogP contribution is 2.44. The number of halogens is 1. The number of piperazine rings is 1. The smallest absolute Gasteiger partial charge is 0.277 e. The van der Waals surface area contributed by atoms with Crippen LogP contribution in [0.15, 0.2) is 94.0 Å². The Hall–Kier alpha value is -5.53. The van der Waals surface area contributed by atoms with Gasteiger partial charge in [0.2, 0.25) is 0 Å². The van der Waals surface area contributed by atoms with Crippen LogP contribution in [-0.2, 0) is 26.2 Å². The number of likely N-dealkylation sites (tertiary alicyclic amines) is 1. The second-order valence-corrected chi connectivity index (χ2v) is 24.6. The minimum atomic E-state index is -4.66. The van der Waals surface area contributed by atoms with E-state index in [4.69, 9.17) is 21.1 Å². The largest absolute Gasteiger partial charge is 0.493 e. The van der Waals surface area contributed by atoms with Crippen LogP contribution in [0.2, 0.25) is 5.02 Å². The normalized spacial score (nSPS) is 19.5. The standard InChI is InChI=1S/C50H59ClN8O8S2/c1-50(2)15-11-36(44(28-50)34-5-7-37(51)8-6-34)31-57-19-21-58(22-20-57)39-9-10-42(47(25-39)67-40-24-35-12-16-52-48(35)53-29-40)49(60)55-69(64,65)41-26-45(59(61)62)43-23-33(32-66-46(43)27-41)30-56-17-13-38(14-18-56)54-68(3,4)63/h5-10,12,16,24-27,29,33,38H,11,13-15,17-23,28,30-32H2,1-4H3,(H,52,53)(H,55,60)/t33-/m1/s1. The Bertz CT molecular complexity index is 3030. The number of carbonyl (C=O) groups excluding carboxylic acids is 1. The molecule has 2 saturated heterocycles. The molecule has 4 aliphatic rings. The van der Waals surface area contributed by atoms with Crippen LogP contribution in [0.25, 0.3) is 16.6 Å². The van der Waals surface area contributed by atoms with Gasteiger partial charge in [0.15, 0.2) is 0 Å². The maximum Gasteiger partial charge on any atom is 0.277 e. The lowest BCUT2D eigenvalue weighted by molar-refractivity contribution is -0.386. The highest BCUT2D eigenvalue weighted by atomic mass is 35.5. The number of carbonyl (C=O) groups is 1. The number of pyridine rings is 1. The average Bonchev–Trinajstić information content (AvgIpc) is 3.78. The quantitative estimate of drug-likeness (QED) is 0.0845. The van der Waals surface area contributed by atoms with Crippen LogP contribution >= 0.6 is 11.6 Å². The molecule has 3 aliphatic heterocycles. The van der Waals surface area contributed by atoms with E-state index in [1.807, 2.05) is 18.2 Å². The van der Waals surface area contributed by atoms with Crippen LogP contribution in [0, 0.1) is 21.4 Å². The van der Waals surface area contributed by atoms with Gasteiger partial charge in [-0.2, -0.15) is 0 Å². The number of sulfonamides is 1. The summed E-state index contributed by atoms with van der Waals surface area (Å²) in [5, 5.41) is 14.0. The van der Waals surface area contributed by atoms with Gasteiger partial charge in [-0.25, -0.2) is 22.5 Å². The summed E-state index contributed by atoms with van der Waals surface area (Å²) >= 11 is 6.26. The second-order valence-electron chi connectivity index (χ2n) is 19.9. The molecule has 5 heterocycles. The Morgan fingerprint density at radius 2 is 1.75 bits per heavy atom. The van der Waals surface area contributed by atoms with E-state index >= 15 is 0 Å². The SMILES string of the molecule is CC1(C)CCC(CN2CCN(c3ccc(C(=O)NS(=O)(=O)c4cc5c(c([N+](=O)[O-])c4)C[C@H](CN4CCC(N=S(C)(C)=O)CC4)CO5)c(Oc4cnc5[nH]ccc5c4)c3)CC2)=C(c2ccc(Cl)cc2)C1. The number of H-pyrrole nitrogens is 1. The van der Waals surface area contributed by atoms with Gasteiger partial charge in [0.25, 0.3) is 21.6 Å². The van der Waals surface area contributed by atoms with Gasteiger partial charge in [-0.3, -0.25) is 24.0 Å². The number of fused-ring (bicyclic) bond motifs is 2. The zero-order chi connectivity index (χ0) is 48.7. The molecule has 5 aromatic rings. The summed E-state index contributed by atoms with van der Waals surface area (Å²) in [6.07, 6.45) is 11.6. The Balaban J connectivity index is 0.913. The Kier molecular flexibility index (Phi) is 13.8. The molecular weight excluding hydrogens is 940 g/mol. The molecule has 16 nitrogen and oxygen atoms in total. The molecule has 1 amide bonds. The molecule has 366 valence electrons. The van der Waals surface area contributed by atoms with Crippen LogP contribution in [-0.4, -0.2) is 121 Å². The topological polar surface area (TPSA) is 193 Å². The number of benzene rings is 3. The minimum Gasteiger partial charge on any atom is -0.493 e. The second kappa shape index (κ2) is 19.7. The van der Waals surface area contributed by atoms with Crippen LogP contribution in [0.4, 0.5) is 11.4 Å². The fourth-order valence-corrected chi connectivity index (χ4v) is 12.1. The molecule has 0 bridgehead atoms. The van der Waals surface area contributed by atoms with Gasteiger partial charge in [-0.05, 0) is 91.5 Å². The van der Waals surface area contributed by atoms with Crippen molar-refractivity contribution in [3.05, 3.63) is 117 Å². The number of nitro benzene ring substituents is 1. The third-order valence-corrected chi connectivity index (χ3v) is 16.0. The number of hydrogen-bond acceptors (Lipinski definition) is 13. The molecule has 69 heavy (non-hydrogen) atoms. The number of aromatic nitrogens is 2. The zero-order valence-electron chi connectivity index (χ0n) is 39.4. The molecule has 3 aromatic carbocycles. The van der Waals surface area contributed by atoms with E-state index in [1.54, 1.807) is 43.0 Å². The molecule has 2 N–H and O–H groups in total. The summed E-state index contributed by atoms with van der Waals surface area (Å²) in [4.78, 5) is 40.0. The molecular formula is C50H59ClN8O8S2. The van der Waals surface area contributed by atoms with Crippen molar-refractivity contribution in [3.8, 4) is 17.2 Å². The monoisotopic (exact) mass is 998 g/mol. The lowest BCUT2D eigenvalue weighted by Crippen LogP contribution is -2.47. The van der Waals surface area contributed by atoms with E-state index in [0.29, 0.717) is 43.0 Å². The van der Waals surface area contributed by atoms with Crippen molar-refractivity contribution in [2.45, 2.75) is 63.3 Å². The number of nitrogens with one attached hydrogen (secondary N) is 2. The van der Waals surface area contributed by atoms with E-state index in [1.165, 1.54) is 29.0 Å². The van der Waals surface area contributed by atoms with E-state index in [-0.39, 0.29) is 41.0 Å². The third-order valence-electron chi connectivity index (χ3n) is 13.7. The van der Waals surface area contributed by atoms with Crippen LogP contribution in [0.3, 0.4) is 0 Å². The van der Waals surface area contributed by atoms with E-state index < -0.39 is 41.2 Å². The summed E-state index contributed by atoms with van der Waals surface area (Å²) in [5.41, 5.74) is 5.61. The van der Waals surface area contributed by atoms with Crippen molar-refractivity contribution in [1.82, 2.24) is 24.5 Å². The molecule has 1 aliphatic carbocycles. The first-order valence-electron chi connectivity index (χ1n) is 23.4. The summed E-state index contributed by atoms with van der Waals surface area (Å²) in [5.74, 6) is -0.509. The number of hydrogen-bond donors (Lipinski definition) is 2. The zero-order valence-corrected chi connectivity index (χ0v) is 41.8. The lowest BCUT2D eigenvalue weighted by atomic mass is 9.72. The number of allylic oxidation sites excluding steroid dienone is 1. The van der Waals surface area contributed by atoms with Crippen molar-refractivity contribution in [3.63, 3.8) is 0 Å². The van der Waals surface area contributed by atoms with E-state index in [2.05, 4.69) is 59.7 Å². The van der Waals surface area contributed by atoms with Crippen molar-refractivity contribution >= 4 is 65.2 Å². The fourth-order valence-electron chi connectivity index (χ4n) is 10.1. The molecule has 19 heteroatoms. The van der Waals surface area contributed by atoms with Gasteiger partial charge in [0.05, 0.1) is 39.8 Å². The van der Waals surface area contributed by atoms with Gasteiger partial charge in [-0.1, -0.05) is 43.2 Å². The predicted molar refractivity (Wildman–Crippen MR) is 270 cm³/mol. The number of piperidine rings is 1. The minimum absolute atomic E-state index is 0.0379. The first-order chi connectivity index (χ1) is 32.8. The number of nitro groups is 1. The van der Waals surface area contributed by atoms with Gasteiger partial charge in [0, 0.05) is 121 Å². The van der Waals surface area contributed by atoms with Crippen LogP contribution in [0.5, 0.6) is 17.2 Å². The van der Waals surface area contributed by atoms with Crippen molar-refractivity contribution in [1.29, 1.82) is 0 Å². The highest BCUT2D eigenvalue weighted by molar-refractivity contribution is 7.92. The van der Waals surface area contributed by atoms with Gasteiger partial charge < -0.3 is 24.3 Å². The van der Waals surface area contributed by atoms with Gasteiger partial charge in [0.1, 0.15) is 22.9 Å². The Morgan fingerprint density at radius 3 is 2.48 bits per heavy atom. The first-order valence-corrected chi connectivity index (χ1v) is 27.6. The molecule has 0 radical (unpaired) electrons. The molecule has 0 unspecified atom stereocenters. The molecule has 0 saturated carbocycles. The average molecular weight is 1000 g/mol. The first kappa shape index (κ1) is 48.5. The summed E-state index contributed by atoms with van der Waals surface area (Å²) < 4.78 is 59.2. The van der Waals surface area contributed by atoms with Crippen LogP contribution in [0.1, 0.15) is 67.4 Å². The summed E-state index contributed by atoms with van der Waals surface area (Å²) in [6, 6.07) is 19.1. The van der Waals surface area contributed by atoms with E-state index in [9.17, 15) is 27.5 Å². The molecule has 2 fully saturated rings. The Morgan fingerprint density at radius 1 is 1.00 bits per heavy atom. The fraction of sp³-hybridized carbons (Fsp3) is 0.440. The molecule has 0 spiro atoms. The lowest BCUT2D eigenvalue weighted by Gasteiger charge is -2.39. The molecule has 1 atom stereocenters. The third kappa shape index (κ3) is 11.6. The number of amides is 1. The number of rotatable bonds is 13. The number of anilines is 1. The summed E-state index contributed by atoms with van der Waals surface area (Å²) in [7, 11) is -6.86. The maximum absolute atomic E-state index is 14.1. The van der Waals surface area contributed by atoms with Gasteiger partial charge >= 0.3 is 0 Å². The summed E-state index contributed by atoms with van der Waals surface area (Å²) in [6.45, 7) is 10.9. The number of nitrogens with zero attached hydrogens (tertiary/aromatic N) is 6. The Labute approximate surface area is 408 Å². The van der Waals surface area contributed by atoms with Crippen molar-refractivity contribution in [2.24, 2.45) is 15.7 Å². The predicted octanol–water partition coefficient (Wildman–Crippen LogP) is 8.56. The molecule has 9 rings (SSSR count). The van der Waals surface area contributed by atoms with Crippen LogP contribution < -0.4 is 19.1 Å². The number of aromatic amines is 1. The molecule has 2 aromatic heterocycles.